The maximum absolute atomic E-state index is 12.3. The molecule has 0 aliphatic heterocycles. The number of nitrogens with one attached hydrogen (secondary N) is 1. The second kappa shape index (κ2) is 7.59. The van der Waals surface area contributed by atoms with Crippen LogP contribution in [-0.4, -0.2) is 37.9 Å². The molecular weight excluding hydrogens is 406 g/mol. The molecule has 1 aromatic carbocycles. The van der Waals surface area contributed by atoms with Gasteiger partial charge in [-0.2, -0.15) is 13.5 Å². The molecule has 0 unspecified atom stereocenters. The number of aryl methyl sites for hydroxylation is 3. The maximum Gasteiger partial charge on any atom is 0.280 e. The van der Waals surface area contributed by atoms with E-state index in [1.165, 1.54) is 12.5 Å². The lowest BCUT2D eigenvalue weighted by Gasteiger charge is -2.08. The van der Waals surface area contributed by atoms with Crippen molar-refractivity contribution < 1.29 is 13.2 Å². The van der Waals surface area contributed by atoms with Gasteiger partial charge in [0.25, 0.3) is 10.0 Å². The van der Waals surface area contributed by atoms with E-state index < -0.39 is 10.0 Å². The number of imidazole rings is 1. The van der Waals surface area contributed by atoms with Crippen LogP contribution in [0, 0.1) is 13.8 Å². The van der Waals surface area contributed by atoms with E-state index in [-0.39, 0.29) is 5.03 Å². The van der Waals surface area contributed by atoms with Gasteiger partial charge in [0.05, 0.1) is 12.0 Å². The molecule has 1 N–H and O–H groups in total. The molecule has 3 heterocycles. The monoisotopic (exact) mass is 425 g/mol. The number of aromatic nitrogens is 6. The second-order valence-electron chi connectivity index (χ2n) is 6.68. The summed E-state index contributed by atoms with van der Waals surface area (Å²) in [6, 6.07) is 11.9. The van der Waals surface area contributed by atoms with E-state index >= 15 is 0 Å². The molecule has 0 atom stereocenters. The predicted molar refractivity (Wildman–Crippen MR) is 109 cm³/mol. The van der Waals surface area contributed by atoms with Crippen molar-refractivity contribution in [2.24, 2.45) is 7.05 Å². The zero-order valence-corrected chi connectivity index (χ0v) is 17.3. The molecule has 0 bridgehead atoms. The predicted octanol–water partition coefficient (Wildman–Crippen LogP) is 2.61. The number of benzene rings is 1. The first-order chi connectivity index (χ1) is 14.3. The van der Waals surface area contributed by atoms with E-state index in [0.717, 1.165) is 11.4 Å². The van der Waals surface area contributed by atoms with Crippen LogP contribution in [0.3, 0.4) is 0 Å². The molecule has 0 amide bonds. The number of ether oxygens (including phenoxy) is 1. The van der Waals surface area contributed by atoms with Crippen LogP contribution in [-0.2, 0) is 17.1 Å². The van der Waals surface area contributed by atoms with Gasteiger partial charge in [0.15, 0.2) is 10.8 Å². The average Bonchev–Trinajstić information content (AvgIpc) is 3.29. The zero-order valence-electron chi connectivity index (χ0n) is 16.5. The molecule has 3 aromatic heterocycles. The van der Waals surface area contributed by atoms with Crippen LogP contribution < -0.4 is 9.46 Å². The fourth-order valence-electron chi connectivity index (χ4n) is 2.79. The first-order valence-corrected chi connectivity index (χ1v) is 10.4. The van der Waals surface area contributed by atoms with E-state index in [1.807, 2.05) is 19.9 Å². The highest BCUT2D eigenvalue weighted by Gasteiger charge is 2.17. The zero-order chi connectivity index (χ0) is 21.3. The standard InChI is InChI=1S/C19H19N7O3S/c1-13-10-14(2)26(23-13)17-8-9-18(22-21-17)29-16-6-4-15(5-7-16)24-30(27,28)19-11-25(3)12-20-19/h4-12,24H,1-3H3. The molecular formula is C19H19N7O3S. The minimum absolute atomic E-state index is 0.0525. The number of nitrogens with zero attached hydrogens (tertiary/aromatic N) is 6. The fourth-order valence-corrected chi connectivity index (χ4v) is 3.83. The Morgan fingerprint density at radius 2 is 1.80 bits per heavy atom. The lowest BCUT2D eigenvalue weighted by atomic mass is 10.3. The largest absolute Gasteiger partial charge is 0.438 e. The number of sulfonamides is 1. The topological polar surface area (TPSA) is 117 Å². The van der Waals surface area contributed by atoms with E-state index in [0.29, 0.717) is 23.1 Å². The van der Waals surface area contributed by atoms with Crippen LogP contribution in [0.5, 0.6) is 11.6 Å². The van der Waals surface area contributed by atoms with Crippen LogP contribution in [0.15, 0.2) is 60.0 Å². The fraction of sp³-hybridized carbons (Fsp3) is 0.158. The normalized spacial score (nSPS) is 11.4. The van der Waals surface area contributed by atoms with Gasteiger partial charge in [-0.3, -0.25) is 4.72 Å². The Morgan fingerprint density at radius 1 is 1.03 bits per heavy atom. The molecule has 30 heavy (non-hydrogen) atoms. The molecule has 11 heteroatoms. The molecule has 10 nitrogen and oxygen atoms in total. The average molecular weight is 425 g/mol. The Hall–Kier alpha value is -3.73. The smallest absolute Gasteiger partial charge is 0.280 e. The van der Waals surface area contributed by atoms with Crippen molar-refractivity contribution in [2.75, 3.05) is 4.72 Å². The van der Waals surface area contributed by atoms with Crippen LogP contribution in [0.25, 0.3) is 5.82 Å². The van der Waals surface area contributed by atoms with E-state index in [4.69, 9.17) is 4.74 Å². The van der Waals surface area contributed by atoms with Gasteiger partial charge >= 0.3 is 0 Å². The summed E-state index contributed by atoms with van der Waals surface area (Å²) in [5, 5.41) is 12.5. The Balaban J connectivity index is 1.44. The Bertz CT molecular complexity index is 1280. The number of hydrogen-bond donors (Lipinski definition) is 1. The summed E-state index contributed by atoms with van der Waals surface area (Å²) in [5.74, 6) is 1.39. The molecule has 0 spiro atoms. The molecule has 154 valence electrons. The Labute approximate surface area is 173 Å². The minimum atomic E-state index is -3.75. The third-order valence-electron chi connectivity index (χ3n) is 4.14. The lowest BCUT2D eigenvalue weighted by Crippen LogP contribution is -2.13. The van der Waals surface area contributed by atoms with Crippen LogP contribution in [0.2, 0.25) is 0 Å². The molecule has 4 aromatic rings. The number of rotatable bonds is 6. The third kappa shape index (κ3) is 4.15. The summed E-state index contributed by atoms with van der Waals surface area (Å²) in [4.78, 5) is 3.86. The van der Waals surface area contributed by atoms with E-state index in [2.05, 4.69) is 25.0 Å². The molecule has 0 saturated heterocycles. The summed E-state index contributed by atoms with van der Waals surface area (Å²) in [6.45, 7) is 3.85. The quantitative estimate of drug-likeness (QED) is 0.505. The summed E-state index contributed by atoms with van der Waals surface area (Å²) >= 11 is 0. The highest BCUT2D eigenvalue weighted by atomic mass is 32.2. The van der Waals surface area contributed by atoms with Gasteiger partial charge in [0.2, 0.25) is 5.88 Å². The van der Waals surface area contributed by atoms with Gasteiger partial charge in [0, 0.05) is 30.7 Å². The summed E-state index contributed by atoms with van der Waals surface area (Å²) < 4.78 is 36.1. The van der Waals surface area contributed by atoms with Crippen LogP contribution >= 0.6 is 0 Å². The lowest BCUT2D eigenvalue weighted by molar-refractivity contribution is 0.454. The third-order valence-corrected chi connectivity index (χ3v) is 5.40. The van der Waals surface area contributed by atoms with Crippen molar-refractivity contribution in [3.8, 4) is 17.4 Å². The molecule has 0 fully saturated rings. The van der Waals surface area contributed by atoms with Gasteiger partial charge in [-0.25, -0.2) is 9.67 Å². The Kier molecular flexibility index (Phi) is 4.96. The second-order valence-corrected chi connectivity index (χ2v) is 8.31. The highest BCUT2D eigenvalue weighted by Crippen LogP contribution is 2.23. The summed E-state index contributed by atoms with van der Waals surface area (Å²) in [6.07, 6.45) is 2.85. The van der Waals surface area contributed by atoms with E-state index in [1.54, 1.807) is 52.7 Å². The van der Waals surface area contributed by atoms with Gasteiger partial charge in [-0.1, -0.05) is 0 Å². The first kappa shape index (κ1) is 19.6. The van der Waals surface area contributed by atoms with Crippen molar-refractivity contribution in [3.05, 3.63) is 66.4 Å². The molecule has 0 aliphatic rings. The first-order valence-electron chi connectivity index (χ1n) is 8.96. The molecule has 0 aliphatic carbocycles. The van der Waals surface area contributed by atoms with Gasteiger partial charge < -0.3 is 9.30 Å². The molecule has 0 saturated carbocycles. The van der Waals surface area contributed by atoms with Gasteiger partial charge in [-0.15, -0.1) is 10.2 Å². The molecule has 0 radical (unpaired) electrons. The van der Waals surface area contributed by atoms with Gasteiger partial charge in [-0.05, 0) is 50.2 Å². The van der Waals surface area contributed by atoms with Crippen LogP contribution in [0.4, 0.5) is 5.69 Å². The summed E-state index contributed by atoms with van der Waals surface area (Å²) in [7, 11) is -2.05. The SMILES string of the molecule is Cc1cc(C)n(-c2ccc(Oc3ccc(NS(=O)(=O)c4cn(C)cn4)cc3)nn2)n1. The van der Waals surface area contributed by atoms with Crippen LogP contribution in [0.1, 0.15) is 11.4 Å². The van der Waals surface area contributed by atoms with Gasteiger partial charge in [0.1, 0.15) is 5.75 Å². The highest BCUT2D eigenvalue weighted by molar-refractivity contribution is 7.92. The molecule has 4 rings (SSSR count). The maximum atomic E-state index is 12.3. The Morgan fingerprint density at radius 3 is 2.37 bits per heavy atom. The van der Waals surface area contributed by atoms with E-state index in [9.17, 15) is 8.42 Å². The number of hydrogen-bond acceptors (Lipinski definition) is 7. The van der Waals surface area contributed by atoms with Crippen molar-refractivity contribution in [3.63, 3.8) is 0 Å². The van der Waals surface area contributed by atoms with Crippen molar-refractivity contribution in [1.82, 2.24) is 29.5 Å². The van der Waals surface area contributed by atoms with Crippen molar-refractivity contribution in [2.45, 2.75) is 18.9 Å². The van der Waals surface area contributed by atoms with Crippen molar-refractivity contribution >= 4 is 15.7 Å². The minimum Gasteiger partial charge on any atom is -0.438 e. The van der Waals surface area contributed by atoms with Crippen molar-refractivity contribution in [1.29, 1.82) is 0 Å². The summed E-state index contributed by atoms with van der Waals surface area (Å²) in [5.41, 5.74) is 2.24. The number of anilines is 1.